The van der Waals surface area contributed by atoms with Gasteiger partial charge in [0, 0.05) is 23.9 Å². The molecule has 0 unspecified atom stereocenters. The Labute approximate surface area is 189 Å². The van der Waals surface area contributed by atoms with Crippen molar-refractivity contribution in [1.29, 1.82) is 0 Å². The van der Waals surface area contributed by atoms with E-state index in [0.717, 1.165) is 22.6 Å². The van der Waals surface area contributed by atoms with Crippen LogP contribution in [0.5, 0.6) is 0 Å². The molecule has 1 N–H and O–H groups in total. The molecule has 1 amide bonds. The molecular formula is C23H22F2N2O3S2. The summed E-state index contributed by atoms with van der Waals surface area (Å²) >= 11 is 1.56. The standard InChI is InChI=1S/C23H22F2N2O3S2/c24-19-9-8-18(15-20(19)25)32(29,30)27-12-10-17(11-13-27)23(28)26-22(21-7-4-14-31-21)16-5-2-1-3-6-16/h1-9,14-15,17,22H,10-13H2,(H,26,28)/t22-/m0/s1. The van der Waals surface area contributed by atoms with Gasteiger partial charge in [0.25, 0.3) is 0 Å². The van der Waals surface area contributed by atoms with Crippen molar-refractivity contribution < 1.29 is 22.0 Å². The summed E-state index contributed by atoms with van der Waals surface area (Å²) in [5, 5.41) is 5.07. The maximum atomic E-state index is 13.5. The second kappa shape index (κ2) is 9.48. The average molecular weight is 477 g/mol. The second-order valence-electron chi connectivity index (χ2n) is 7.62. The second-order valence-corrected chi connectivity index (χ2v) is 10.5. The summed E-state index contributed by atoms with van der Waals surface area (Å²) in [4.78, 5) is 13.7. The number of benzene rings is 2. The first-order valence-electron chi connectivity index (χ1n) is 10.2. The molecule has 0 bridgehead atoms. The fourth-order valence-corrected chi connectivity index (χ4v) is 6.11. The van der Waals surface area contributed by atoms with Crippen LogP contribution in [0.4, 0.5) is 8.78 Å². The quantitative estimate of drug-likeness (QED) is 0.576. The molecule has 4 rings (SSSR count). The SMILES string of the molecule is O=C(N[C@@H](c1ccccc1)c1cccs1)C1CCN(S(=O)(=O)c2ccc(F)c(F)c2)CC1. The number of hydrogen-bond donors (Lipinski definition) is 1. The van der Waals surface area contributed by atoms with E-state index in [2.05, 4.69) is 5.32 Å². The zero-order valence-corrected chi connectivity index (χ0v) is 18.7. The molecule has 1 aliphatic heterocycles. The highest BCUT2D eigenvalue weighted by Crippen LogP contribution is 2.29. The number of sulfonamides is 1. The topological polar surface area (TPSA) is 66.5 Å². The van der Waals surface area contributed by atoms with Gasteiger partial charge in [-0.15, -0.1) is 11.3 Å². The highest BCUT2D eigenvalue weighted by molar-refractivity contribution is 7.89. The Bertz CT molecular complexity index is 1180. The number of piperidine rings is 1. The molecule has 32 heavy (non-hydrogen) atoms. The molecule has 2 heterocycles. The van der Waals surface area contributed by atoms with E-state index in [4.69, 9.17) is 0 Å². The van der Waals surface area contributed by atoms with Gasteiger partial charge < -0.3 is 5.32 Å². The molecule has 5 nitrogen and oxygen atoms in total. The largest absolute Gasteiger partial charge is 0.344 e. The maximum Gasteiger partial charge on any atom is 0.243 e. The lowest BCUT2D eigenvalue weighted by atomic mass is 9.96. The first-order valence-corrected chi connectivity index (χ1v) is 12.5. The zero-order chi connectivity index (χ0) is 22.7. The van der Waals surface area contributed by atoms with Gasteiger partial charge in [-0.3, -0.25) is 4.79 Å². The minimum absolute atomic E-state index is 0.128. The molecule has 3 aromatic rings. The van der Waals surface area contributed by atoms with Crippen molar-refractivity contribution in [3.05, 3.63) is 88.1 Å². The van der Waals surface area contributed by atoms with Crippen molar-refractivity contribution >= 4 is 27.3 Å². The Kier molecular flexibility index (Phi) is 6.68. The molecule has 2 aromatic carbocycles. The van der Waals surface area contributed by atoms with Gasteiger partial charge in [0.1, 0.15) is 0 Å². The monoisotopic (exact) mass is 476 g/mol. The summed E-state index contributed by atoms with van der Waals surface area (Å²) in [5.74, 6) is -2.77. The summed E-state index contributed by atoms with van der Waals surface area (Å²) < 4.78 is 53.5. The van der Waals surface area contributed by atoms with Crippen LogP contribution in [0.1, 0.15) is 29.3 Å². The molecule has 1 aliphatic rings. The fraction of sp³-hybridized carbons (Fsp3) is 0.261. The number of thiophene rings is 1. The lowest BCUT2D eigenvalue weighted by Gasteiger charge is -2.31. The summed E-state index contributed by atoms with van der Waals surface area (Å²) in [6.07, 6.45) is 0.696. The van der Waals surface area contributed by atoms with Gasteiger partial charge in [-0.05, 0) is 48.1 Å². The van der Waals surface area contributed by atoms with E-state index in [9.17, 15) is 22.0 Å². The van der Waals surface area contributed by atoms with Gasteiger partial charge in [-0.1, -0.05) is 36.4 Å². The smallest absolute Gasteiger partial charge is 0.243 e. The van der Waals surface area contributed by atoms with E-state index < -0.39 is 21.7 Å². The van der Waals surface area contributed by atoms with Crippen LogP contribution < -0.4 is 5.32 Å². The predicted octanol–water partition coefficient (Wildman–Crippen LogP) is 4.33. The average Bonchev–Trinajstić information content (AvgIpc) is 3.34. The highest BCUT2D eigenvalue weighted by atomic mass is 32.2. The Morgan fingerprint density at radius 3 is 2.34 bits per heavy atom. The molecule has 0 aliphatic carbocycles. The highest BCUT2D eigenvalue weighted by Gasteiger charge is 2.33. The third kappa shape index (κ3) is 4.74. The van der Waals surface area contributed by atoms with Crippen LogP contribution in [-0.4, -0.2) is 31.7 Å². The lowest BCUT2D eigenvalue weighted by Crippen LogP contribution is -2.43. The third-order valence-electron chi connectivity index (χ3n) is 5.60. The van der Waals surface area contributed by atoms with E-state index in [1.54, 1.807) is 11.3 Å². The van der Waals surface area contributed by atoms with Crippen LogP contribution in [0.25, 0.3) is 0 Å². The first kappa shape index (κ1) is 22.6. The number of nitrogens with zero attached hydrogens (tertiary/aromatic N) is 1. The minimum Gasteiger partial charge on any atom is -0.344 e. The maximum absolute atomic E-state index is 13.5. The number of amides is 1. The van der Waals surface area contributed by atoms with Crippen LogP contribution in [0, 0.1) is 17.6 Å². The molecule has 1 fully saturated rings. The molecule has 168 valence electrons. The lowest BCUT2D eigenvalue weighted by molar-refractivity contribution is -0.126. The number of rotatable bonds is 6. The van der Waals surface area contributed by atoms with Crippen molar-refractivity contribution in [3.8, 4) is 0 Å². The number of nitrogens with one attached hydrogen (secondary N) is 1. The molecule has 1 saturated heterocycles. The minimum atomic E-state index is -3.96. The Morgan fingerprint density at radius 1 is 1.00 bits per heavy atom. The van der Waals surface area contributed by atoms with E-state index >= 15 is 0 Å². The molecule has 1 atom stereocenters. The van der Waals surface area contributed by atoms with E-state index in [0.29, 0.717) is 18.9 Å². The Morgan fingerprint density at radius 2 is 1.72 bits per heavy atom. The van der Waals surface area contributed by atoms with E-state index in [1.165, 1.54) is 4.31 Å². The van der Waals surface area contributed by atoms with Gasteiger partial charge in [0.05, 0.1) is 10.9 Å². The Balaban J connectivity index is 1.43. The van der Waals surface area contributed by atoms with Crippen molar-refractivity contribution in [2.75, 3.05) is 13.1 Å². The van der Waals surface area contributed by atoms with Crippen molar-refractivity contribution in [3.63, 3.8) is 0 Å². The predicted molar refractivity (Wildman–Crippen MR) is 119 cm³/mol. The number of carbonyl (C=O) groups is 1. The van der Waals surface area contributed by atoms with Gasteiger partial charge in [0.15, 0.2) is 11.6 Å². The van der Waals surface area contributed by atoms with Gasteiger partial charge in [-0.25, -0.2) is 17.2 Å². The van der Waals surface area contributed by atoms with Crippen LogP contribution in [0.2, 0.25) is 0 Å². The van der Waals surface area contributed by atoms with Gasteiger partial charge in [-0.2, -0.15) is 4.31 Å². The van der Waals surface area contributed by atoms with Gasteiger partial charge >= 0.3 is 0 Å². The van der Waals surface area contributed by atoms with Crippen molar-refractivity contribution in [1.82, 2.24) is 9.62 Å². The van der Waals surface area contributed by atoms with Gasteiger partial charge in [0.2, 0.25) is 15.9 Å². The molecule has 0 saturated carbocycles. The summed E-state index contributed by atoms with van der Waals surface area (Å²) in [7, 11) is -3.96. The number of hydrogen-bond acceptors (Lipinski definition) is 4. The van der Waals surface area contributed by atoms with E-state index in [-0.39, 0.29) is 35.9 Å². The molecular weight excluding hydrogens is 454 g/mol. The van der Waals surface area contributed by atoms with E-state index in [1.807, 2.05) is 47.8 Å². The molecule has 0 radical (unpaired) electrons. The van der Waals surface area contributed by atoms with Crippen LogP contribution in [0.15, 0.2) is 70.9 Å². The molecule has 0 spiro atoms. The van der Waals surface area contributed by atoms with Crippen molar-refractivity contribution in [2.24, 2.45) is 5.92 Å². The third-order valence-corrected chi connectivity index (χ3v) is 8.43. The number of carbonyl (C=O) groups excluding carboxylic acids is 1. The zero-order valence-electron chi connectivity index (χ0n) is 17.1. The van der Waals surface area contributed by atoms with Crippen molar-refractivity contribution in [2.45, 2.75) is 23.8 Å². The fourth-order valence-electron chi connectivity index (χ4n) is 3.82. The molecule has 1 aromatic heterocycles. The number of halogens is 2. The molecule has 9 heteroatoms. The first-order chi connectivity index (χ1) is 15.4. The summed E-state index contributed by atoms with van der Waals surface area (Å²) in [6.45, 7) is 0.267. The normalized spacial score (nSPS) is 16.6. The summed E-state index contributed by atoms with van der Waals surface area (Å²) in [6, 6.07) is 15.9. The Hall–Kier alpha value is -2.62. The van der Waals surface area contributed by atoms with Crippen LogP contribution in [-0.2, 0) is 14.8 Å². The van der Waals surface area contributed by atoms with Crippen LogP contribution in [0.3, 0.4) is 0 Å². The van der Waals surface area contributed by atoms with Crippen LogP contribution >= 0.6 is 11.3 Å². The summed E-state index contributed by atoms with van der Waals surface area (Å²) in [5.41, 5.74) is 0.974.